The van der Waals surface area contributed by atoms with E-state index in [1.165, 1.54) is 0 Å². The minimum atomic E-state index is -3.16. The summed E-state index contributed by atoms with van der Waals surface area (Å²) in [5.41, 5.74) is 0. The molecule has 13 heavy (non-hydrogen) atoms. The van der Waals surface area contributed by atoms with Gasteiger partial charge in [0.2, 0.25) is 10.0 Å². The van der Waals surface area contributed by atoms with Crippen molar-refractivity contribution in [2.24, 2.45) is 0 Å². The third-order valence-corrected chi connectivity index (χ3v) is 3.89. The van der Waals surface area contributed by atoms with Crippen molar-refractivity contribution >= 4 is 10.0 Å². The SMILES string of the molecule is CCCS(=O)(=O)NC1CCCC1O. The van der Waals surface area contributed by atoms with Crippen LogP contribution in [0.1, 0.15) is 32.6 Å². The predicted octanol–water partition coefficient (Wildman–Crippen LogP) is 0.229. The first-order valence-electron chi connectivity index (χ1n) is 4.73. The smallest absolute Gasteiger partial charge is 0.211 e. The Hall–Kier alpha value is -0.130. The molecule has 1 aliphatic rings. The summed E-state index contributed by atoms with van der Waals surface area (Å²) in [6.07, 6.45) is 2.48. The molecule has 0 saturated heterocycles. The van der Waals surface area contributed by atoms with E-state index in [9.17, 15) is 13.5 Å². The first-order valence-corrected chi connectivity index (χ1v) is 6.38. The van der Waals surface area contributed by atoms with E-state index in [1.807, 2.05) is 6.92 Å². The van der Waals surface area contributed by atoms with Gasteiger partial charge < -0.3 is 5.11 Å². The Bertz CT molecular complexity index is 250. The third-order valence-electron chi connectivity index (χ3n) is 2.28. The predicted molar refractivity (Wildman–Crippen MR) is 50.9 cm³/mol. The van der Waals surface area contributed by atoms with Crippen LogP contribution in [0.2, 0.25) is 0 Å². The van der Waals surface area contributed by atoms with Crippen molar-refractivity contribution in [3.8, 4) is 0 Å². The largest absolute Gasteiger partial charge is 0.391 e. The Morgan fingerprint density at radius 1 is 1.46 bits per heavy atom. The quantitative estimate of drug-likeness (QED) is 0.693. The molecule has 0 aromatic rings. The van der Waals surface area contributed by atoms with E-state index in [2.05, 4.69) is 4.72 Å². The fourth-order valence-corrected chi connectivity index (χ4v) is 3.03. The van der Waals surface area contributed by atoms with Gasteiger partial charge in [-0.05, 0) is 25.7 Å². The minimum Gasteiger partial charge on any atom is -0.391 e. The highest BCUT2D eigenvalue weighted by atomic mass is 32.2. The van der Waals surface area contributed by atoms with Gasteiger partial charge in [-0.1, -0.05) is 6.92 Å². The van der Waals surface area contributed by atoms with Gasteiger partial charge in [-0.25, -0.2) is 13.1 Å². The molecule has 5 heteroatoms. The van der Waals surface area contributed by atoms with Crippen LogP contribution < -0.4 is 4.72 Å². The molecule has 0 radical (unpaired) electrons. The van der Waals surface area contributed by atoms with Crippen LogP contribution in [0.15, 0.2) is 0 Å². The zero-order valence-corrected chi connectivity index (χ0v) is 8.68. The molecule has 2 N–H and O–H groups in total. The van der Waals surface area contributed by atoms with Crippen molar-refractivity contribution in [3.63, 3.8) is 0 Å². The molecule has 0 aromatic heterocycles. The summed E-state index contributed by atoms with van der Waals surface area (Å²) in [5.74, 6) is 0.149. The van der Waals surface area contributed by atoms with E-state index in [1.54, 1.807) is 0 Å². The van der Waals surface area contributed by atoms with Crippen molar-refractivity contribution in [1.29, 1.82) is 0 Å². The van der Waals surface area contributed by atoms with Crippen molar-refractivity contribution in [1.82, 2.24) is 4.72 Å². The maximum absolute atomic E-state index is 11.3. The molecule has 2 atom stereocenters. The normalized spacial score (nSPS) is 29.4. The summed E-state index contributed by atoms with van der Waals surface area (Å²) in [4.78, 5) is 0. The molecule has 1 fully saturated rings. The van der Waals surface area contributed by atoms with Gasteiger partial charge in [-0.15, -0.1) is 0 Å². The molecule has 0 bridgehead atoms. The molecule has 1 saturated carbocycles. The summed E-state index contributed by atoms with van der Waals surface area (Å²) in [6.45, 7) is 1.82. The lowest BCUT2D eigenvalue weighted by molar-refractivity contribution is 0.159. The van der Waals surface area contributed by atoms with Gasteiger partial charge in [0.25, 0.3) is 0 Å². The molecule has 4 nitrogen and oxygen atoms in total. The van der Waals surface area contributed by atoms with Crippen LogP contribution in [-0.4, -0.2) is 31.4 Å². The molecular formula is C8H17NO3S. The van der Waals surface area contributed by atoms with E-state index in [4.69, 9.17) is 0 Å². The highest BCUT2D eigenvalue weighted by Crippen LogP contribution is 2.19. The van der Waals surface area contributed by atoms with E-state index < -0.39 is 16.1 Å². The Kier molecular flexibility index (Phi) is 3.70. The summed E-state index contributed by atoms with van der Waals surface area (Å²) >= 11 is 0. The van der Waals surface area contributed by atoms with Crippen LogP contribution >= 0.6 is 0 Å². The molecule has 78 valence electrons. The average Bonchev–Trinajstić information content (AvgIpc) is 2.35. The van der Waals surface area contributed by atoms with Gasteiger partial charge in [-0.2, -0.15) is 0 Å². The molecular weight excluding hydrogens is 190 g/mol. The minimum absolute atomic E-state index is 0.149. The second kappa shape index (κ2) is 4.39. The molecule has 0 aliphatic heterocycles. The molecule has 0 aromatic carbocycles. The van der Waals surface area contributed by atoms with E-state index in [0.29, 0.717) is 12.8 Å². The number of hydrogen-bond acceptors (Lipinski definition) is 3. The molecule has 1 rings (SSSR count). The number of hydrogen-bond donors (Lipinski definition) is 2. The fraction of sp³-hybridized carbons (Fsp3) is 1.00. The Morgan fingerprint density at radius 2 is 2.15 bits per heavy atom. The maximum Gasteiger partial charge on any atom is 0.211 e. The second-order valence-corrected chi connectivity index (χ2v) is 5.41. The van der Waals surface area contributed by atoms with Crippen LogP contribution in [-0.2, 0) is 10.0 Å². The fourth-order valence-electron chi connectivity index (χ4n) is 1.64. The summed E-state index contributed by atoms with van der Waals surface area (Å²) in [5, 5.41) is 9.39. The Balaban J connectivity index is 2.47. The Morgan fingerprint density at radius 3 is 2.62 bits per heavy atom. The van der Waals surface area contributed by atoms with E-state index in [-0.39, 0.29) is 11.8 Å². The Labute approximate surface area is 79.4 Å². The first-order chi connectivity index (χ1) is 6.05. The lowest BCUT2D eigenvalue weighted by Crippen LogP contribution is -2.40. The highest BCUT2D eigenvalue weighted by molar-refractivity contribution is 7.89. The molecule has 0 heterocycles. The number of aliphatic hydroxyl groups excluding tert-OH is 1. The third kappa shape index (κ3) is 3.25. The number of sulfonamides is 1. The van der Waals surface area contributed by atoms with Gasteiger partial charge >= 0.3 is 0 Å². The maximum atomic E-state index is 11.3. The lowest BCUT2D eigenvalue weighted by atomic mass is 10.2. The van der Waals surface area contributed by atoms with Gasteiger partial charge in [0.05, 0.1) is 11.9 Å². The number of aliphatic hydroxyl groups is 1. The zero-order chi connectivity index (χ0) is 9.90. The number of rotatable bonds is 4. The molecule has 1 aliphatic carbocycles. The first kappa shape index (κ1) is 10.9. The zero-order valence-electron chi connectivity index (χ0n) is 7.86. The lowest BCUT2D eigenvalue weighted by Gasteiger charge is -2.15. The highest BCUT2D eigenvalue weighted by Gasteiger charge is 2.28. The molecule has 0 spiro atoms. The van der Waals surface area contributed by atoms with Gasteiger partial charge in [-0.3, -0.25) is 0 Å². The summed E-state index contributed by atoms with van der Waals surface area (Å²) in [7, 11) is -3.16. The monoisotopic (exact) mass is 207 g/mol. The topological polar surface area (TPSA) is 66.4 Å². The van der Waals surface area contributed by atoms with Gasteiger partial charge in [0, 0.05) is 6.04 Å². The van der Waals surface area contributed by atoms with Crippen LogP contribution in [0.25, 0.3) is 0 Å². The van der Waals surface area contributed by atoms with Gasteiger partial charge in [0.1, 0.15) is 0 Å². The molecule has 0 amide bonds. The van der Waals surface area contributed by atoms with Crippen molar-refractivity contribution < 1.29 is 13.5 Å². The standard InChI is InChI=1S/C8H17NO3S/c1-2-6-13(11,12)9-7-4-3-5-8(7)10/h7-10H,2-6H2,1H3. The van der Waals surface area contributed by atoms with E-state index in [0.717, 1.165) is 12.8 Å². The van der Waals surface area contributed by atoms with Crippen LogP contribution in [0.4, 0.5) is 0 Å². The second-order valence-electron chi connectivity index (χ2n) is 3.54. The average molecular weight is 207 g/mol. The number of nitrogens with one attached hydrogen (secondary N) is 1. The van der Waals surface area contributed by atoms with Crippen molar-refractivity contribution in [2.45, 2.75) is 44.8 Å². The van der Waals surface area contributed by atoms with Gasteiger partial charge in [0.15, 0.2) is 0 Å². The van der Waals surface area contributed by atoms with Crippen LogP contribution in [0.5, 0.6) is 0 Å². The van der Waals surface area contributed by atoms with Crippen LogP contribution in [0, 0.1) is 0 Å². The van der Waals surface area contributed by atoms with Crippen LogP contribution in [0.3, 0.4) is 0 Å². The molecule has 2 unspecified atom stereocenters. The van der Waals surface area contributed by atoms with Crippen molar-refractivity contribution in [3.05, 3.63) is 0 Å². The summed E-state index contributed by atoms with van der Waals surface area (Å²) < 4.78 is 25.1. The van der Waals surface area contributed by atoms with E-state index >= 15 is 0 Å². The van der Waals surface area contributed by atoms with Crippen molar-refractivity contribution in [2.75, 3.05) is 5.75 Å². The summed E-state index contributed by atoms with van der Waals surface area (Å²) in [6, 6.07) is -0.253.